The van der Waals surface area contributed by atoms with Crippen molar-refractivity contribution in [1.82, 2.24) is 5.32 Å². The minimum atomic E-state index is 0.479. The van der Waals surface area contributed by atoms with Crippen LogP contribution in [0.1, 0.15) is 59.8 Å². The van der Waals surface area contributed by atoms with E-state index in [4.69, 9.17) is 4.74 Å². The third-order valence-electron chi connectivity index (χ3n) is 4.13. The van der Waals surface area contributed by atoms with E-state index in [0.29, 0.717) is 17.5 Å². The fourth-order valence-corrected chi connectivity index (χ4v) is 3.03. The summed E-state index contributed by atoms with van der Waals surface area (Å²) in [5.74, 6) is 0.895. The normalized spacial score (nSPS) is 28.8. The molecule has 0 bridgehead atoms. The van der Waals surface area contributed by atoms with Crippen molar-refractivity contribution in [2.24, 2.45) is 11.3 Å². The summed E-state index contributed by atoms with van der Waals surface area (Å²) >= 11 is 0. The molecule has 0 radical (unpaired) electrons. The smallest absolute Gasteiger partial charge is 0.0613 e. The molecule has 17 heavy (non-hydrogen) atoms. The Labute approximate surface area is 108 Å². The number of methoxy groups -OCH3 is 1. The average Bonchev–Trinajstić information content (AvgIpc) is 2.42. The molecule has 0 aromatic carbocycles. The van der Waals surface area contributed by atoms with E-state index in [9.17, 15) is 0 Å². The maximum Gasteiger partial charge on any atom is 0.0613 e. The van der Waals surface area contributed by atoms with Gasteiger partial charge in [-0.25, -0.2) is 0 Å². The number of rotatable bonds is 4. The molecule has 1 aliphatic carbocycles. The lowest BCUT2D eigenvalue weighted by Crippen LogP contribution is -2.38. The maximum absolute atomic E-state index is 5.19. The van der Waals surface area contributed by atoms with Crippen LogP contribution in [0.4, 0.5) is 0 Å². The van der Waals surface area contributed by atoms with E-state index in [0.717, 1.165) is 12.5 Å². The third-order valence-corrected chi connectivity index (χ3v) is 4.13. The van der Waals surface area contributed by atoms with E-state index < -0.39 is 0 Å². The Balaban J connectivity index is 2.37. The van der Waals surface area contributed by atoms with E-state index in [1.54, 1.807) is 7.11 Å². The van der Waals surface area contributed by atoms with Crippen molar-refractivity contribution in [3.63, 3.8) is 0 Å². The summed E-state index contributed by atoms with van der Waals surface area (Å²) in [6.07, 6.45) is 6.82. The Morgan fingerprint density at radius 2 is 1.88 bits per heavy atom. The minimum absolute atomic E-state index is 0.479. The molecule has 2 heteroatoms. The van der Waals surface area contributed by atoms with Gasteiger partial charge in [0.05, 0.1) is 6.61 Å². The SMILES string of the molecule is COCC(C)NC1CCCC(C(C)(C)C)CC1. The molecule has 2 nitrogen and oxygen atoms in total. The topological polar surface area (TPSA) is 21.3 Å². The van der Waals surface area contributed by atoms with Gasteiger partial charge < -0.3 is 10.1 Å². The molecule has 0 aromatic rings. The number of hydrogen-bond donors (Lipinski definition) is 1. The van der Waals surface area contributed by atoms with Gasteiger partial charge in [-0.15, -0.1) is 0 Å². The highest BCUT2D eigenvalue weighted by Gasteiger charge is 2.27. The van der Waals surface area contributed by atoms with Gasteiger partial charge >= 0.3 is 0 Å². The van der Waals surface area contributed by atoms with Crippen LogP contribution in [0.3, 0.4) is 0 Å². The number of hydrogen-bond acceptors (Lipinski definition) is 2. The van der Waals surface area contributed by atoms with Crippen molar-refractivity contribution < 1.29 is 4.74 Å². The first-order valence-electron chi connectivity index (χ1n) is 7.18. The zero-order chi connectivity index (χ0) is 12.9. The van der Waals surface area contributed by atoms with Gasteiger partial charge in [0.2, 0.25) is 0 Å². The van der Waals surface area contributed by atoms with Crippen LogP contribution in [0.15, 0.2) is 0 Å². The van der Waals surface area contributed by atoms with Crippen LogP contribution in [-0.4, -0.2) is 25.8 Å². The molecule has 0 aliphatic heterocycles. The lowest BCUT2D eigenvalue weighted by molar-refractivity contribution is 0.164. The Morgan fingerprint density at radius 1 is 1.18 bits per heavy atom. The van der Waals surface area contributed by atoms with E-state index in [2.05, 4.69) is 33.0 Å². The second-order valence-corrected chi connectivity index (χ2v) is 6.79. The van der Waals surface area contributed by atoms with Gasteiger partial charge in [-0.2, -0.15) is 0 Å². The monoisotopic (exact) mass is 241 g/mol. The third kappa shape index (κ3) is 5.39. The van der Waals surface area contributed by atoms with Crippen molar-refractivity contribution >= 4 is 0 Å². The second-order valence-electron chi connectivity index (χ2n) is 6.79. The van der Waals surface area contributed by atoms with Crippen molar-refractivity contribution in [2.45, 2.75) is 71.9 Å². The van der Waals surface area contributed by atoms with Gasteiger partial charge in [0.15, 0.2) is 0 Å². The van der Waals surface area contributed by atoms with E-state index in [1.807, 2.05) is 0 Å². The molecule has 3 atom stereocenters. The predicted octanol–water partition coefficient (Wildman–Crippen LogP) is 3.61. The summed E-state index contributed by atoms with van der Waals surface area (Å²) in [6.45, 7) is 10.2. The first kappa shape index (κ1) is 15.0. The largest absolute Gasteiger partial charge is 0.383 e. The van der Waals surface area contributed by atoms with Crippen LogP contribution in [0.5, 0.6) is 0 Å². The van der Waals surface area contributed by atoms with Gasteiger partial charge in [0.1, 0.15) is 0 Å². The van der Waals surface area contributed by atoms with Crippen LogP contribution in [0.2, 0.25) is 0 Å². The lowest BCUT2D eigenvalue weighted by Gasteiger charge is -2.30. The quantitative estimate of drug-likeness (QED) is 0.759. The Hall–Kier alpha value is -0.0800. The summed E-state index contributed by atoms with van der Waals surface area (Å²) in [4.78, 5) is 0. The molecule has 0 amide bonds. The highest BCUT2D eigenvalue weighted by molar-refractivity contribution is 4.82. The molecule has 0 saturated heterocycles. The van der Waals surface area contributed by atoms with Crippen LogP contribution < -0.4 is 5.32 Å². The van der Waals surface area contributed by atoms with Gasteiger partial charge in [-0.3, -0.25) is 0 Å². The molecule has 1 saturated carbocycles. The van der Waals surface area contributed by atoms with Crippen molar-refractivity contribution in [3.05, 3.63) is 0 Å². The summed E-state index contributed by atoms with van der Waals surface area (Å²) in [5.41, 5.74) is 0.479. The summed E-state index contributed by atoms with van der Waals surface area (Å²) in [5, 5.41) is 3.71. The molecular weight excluding hydrogens is 210 g/mol. The predicted molar refractivity (Wildman–Crippen MR) is 74.3 cm³/mol. The van der Waals surface area contributed by atoms with Gasteiger partial charge in [0.25, 0.3) is 0 Å². The Bertz CT molecular complexity index is 209. The van der Waals surface area contributed by atoms with Gasteiger partial charge in [-0.05, 0) is 43.9 Å². The lowest BCUT2D eigenvalue weighted by atomic mass is 9.76. The van der Waals surface area contributed by atoms with Gasteiger partial charge in [-0.1, -0.05) is 27.2 Å². The van der Waals surface area contributed by atoms with Crippen LogP contribution in [0, 0.1) is 11.3 Å². The molecule has 3 unspecified atom stereocenters. The average molecular weight is 241 g/mol. The summed E-state index contributed by atoms with van der Waals surface area (Å²) in [7, 11) is 1.78. The number of ether oxygens (including phenoxy) is 1. The molecule has 0 aromatic heterocycles. The zero-order valence-corrected chi connectivity index (χ0v) is 12.4. The fraction of sp³-hybridized carbons (Fsp3) is 1.00. The first-order chi connectivity index (χ1) is 7.93. The second kappa shape index (κ2) is 6.75. The standard InChI is InChI=1S/C15H31NO/c1-12(11-17-5)16-14-8-6-7-13(9-10-14)15(2,3)4/h12-14,16H,6-11H2,1-5H3. The fourth-order valence-electron chi connectivity index (χ4n) is 3.03. The van der Waals surface area contributed by atoms with E-state index in [1.165, 1.54) is 32.1 Å². The van der Waals surface area contributed by atoms with Crippen LogP contribution in [0.25, 0.3) is 0 Å². The van der Waals surface area contributed by atoms with Crippen molar-refractivity contribution in [1.29, 1.82) is 0 Å². The number of nitrogens with one attached hydrogen (secondary N) is 1. The molecular formula is C15H31NO. The molecule has 1 fully saturated rings. The van der Waals surface area contributed by atoms with E-state index in [-0.39, 0.29) is 0 Å². The van der Waals surface area contributed by atoms with E-state index >= 15 is 0 Å². The maximum atomic E-state index is 5.19. The summed E-state index contributed by atoms with van der Waals surface area (Å²) < 4.78 is 5.19. The van der Waals surface area contributed by atoms with Gasteiger partial charge in [0, 0.05) is 19.2 Å². The van der Waals surface area contributed by atoms with Crippen LogP contribution in [-0.2, 0) is 4.74 Å². The molecule has 0 spiro atoms. The van der Waals surface area contributed by atoms with Crippen molar-refractivity contribution in [2.75, 3.05) is 13.7 Å². The summed E-state index contributed by atoms with van der Waals surface area (Å²) in [6, 6.07) is 1.18. The molecule has 1 aliphatic rings. The highest BCUT2D eigenvalue weighted by atomic mass is 16.5. The molecule has 0 heterocycles. The molecule has 1 N–H and O–H groups in total. The zero-order valence-electron chi connectivity index (χ0n) is 12.4. The molecule has 1 rings (SSSR count). The Morgan fingerprint density at radius 3 is 2.47 bits per heavy atom. The minimum Gasteiger partial charge on any atom is -0.383 e. The highest BCUT2D eigenvalue weighted by Crippen LogP contribution is 2.36. The first-order valence-corrected chi connectivity index (χ1v) is 7.18. The molecule has 102 valence electrons. The van der Waals surface area contributed by atoms with Crippen molar-refractivity contribution in [3.8, 4) is 0 Å². The van der Waals surface area contributed by atoms with Crippen LogP contribution >= 0.6 is 0 Å². The Kier molecular flexibility index (Phi) is 5.94.